The van der Waals surface area contributed by atoms with Gasteiger partial charge in [0.2, 0.25) is 0 Å². The van der Waals surface area contributed by atoms with E-state index >= 15 is 0 Å². The van der Waals surface area contributed by atoms with Gasteiger partial charge in [-0.25, -0.2) is 0 Å². The molecule has 0 fully saturated rings. The Morgan fingerprint density at radius 3 is 1.38 bits per heavy atom. The fourth-order valence-electron chi connectivity index (χ4n) is 6.82. The van der Waals surface area contributed by atoms with Crippen molar-refractivity contribution in [2.24, 2.45) is 0 Å². The van der Waals surface area contributed by atoms with Crippen LogP contribution in [-0.2, 0) is 5.41 Å². The highest BCUT2D eigenvalue weighted by atomic mass is 15.1. The van der Waals surface area contributed by atoms with Gasteiger partial charge in [-0.15, -0.1) is 0 Å². The Labute approximate surface area is 283 Å². The molecule has 0 saturated heterocycles. The average molecular weight is 619 g/mol. The molecule has 8 rings (SSSR count). The Morgan fingerprint density at radius 2 is 0.833 bits per heavy atom. The summed E-state index contributed by atoms with van der Waals surface area (Å²) in [6.45, 7) is 6.78. The lowest BCUT2D eigenvalue weighted by molar-refractivity contribution is 0.590. The fraction of sp³-hybridized carbons (Fsp3) is 0.0870. The van der Waals surface area contributed by atoms with Gasteiger partial charge in [0.1, 0.15) is 0 Å². The number of nitrogens with zero attached hydrogens (tertiary/aromatic N) is 2. The van der Waals surface area contributed by atoms with Gasteiger partial charge in [-0.3, -0.25) is 0 Å². The van der Waals surface area contributed by atoms with E-state index in [2.05, 4.69) is 206 Å². The standard InChI is InChI=1S/C46H38N2/c1-46(2,3)37-24-30-40(31-25-37)47(38-26-20-34(21-27-38)33-12-5-4-6-13-33)39-28-22-35(23-29-39)36-14-11-15-41(32-36)48-44-18-9-7-16-42(44)43-17-8-10-19-45(43)48/h4-32H,1-3H3. The predicted octanol–water partition coefficient (Wildman–Crippen LogP) is 12.9. The summed E-state index contributed by atoms with van der Waals surface area (Å²) in [6, 6.07) is 63.7. The number of aromatic nitrogens is 1. The molecule has 0 aliphatic heterocycles. The van der Waals surface area contributed by atoms with Crippen LogP contribution in [0.2, 0.25) is 0 Å². The largest absolute Gasteiger partial charge is 0.311 e. The summed E-state index contributed by atoms with van der Waals surface area (Å²) in [5.74, 6) is 0. The van der Waals surface area contributed by atoms with Gasteiger partial charge in [0.15, 0.2) is 0 Å². The highest BCUT2D eigenvalue weighted by Crippen LogP contribution is 2.38. The average Bonchev–Trinajstić information content (AvgIpc) is 3.47. The molecule has 232 valence electrons. The van der Waals surface area contributed by atoms with E-state index in [1.807, 2.05) is 0 Å². The number of fused-ring (bicyclic) bond motifs is 3. The molecule has 1 aromatic heterocycles. The van der Waals surface area contributed by atoms with Crippen molar-refractivity contribution in [2.45, 2.75) is 26.2 Å². The third kappa shape index (κ3) is 5.46. The summed E-state index contributed by atoms with van der Waals surface area (Å²) in [6.07, 6.45) is 0. The molecule has 1 heterocycles. The van der Waals surface area contributed by atoms with Crippen LogP contribution in [0, 0.1) is 0 Å². The second kappa shape index (κ2) is 12.1. The van der Waals surface area contributed by atoms with Crippen molar-refractivity contribution in [3.63, 3.8) is 0 Å². The van der Waals surface area contributed by atoms with Crippen LogP contribution < -0.4 is 4.90 Å². The lowest BCUT2D eigenvalue weighted by atomic mass is 9.87. The maximum Gasteiger partial charge on any atom is 0.0541 e. The number of anilines is 3. The van der Waals surface area contributed by atoms with Crippen LogP contribution >= 0.6 is 0 Å². The first kappa shape index (κ1) is 29.5. The van der Waals surface area contributed by atoms with Crippen molar-refractivity contribution in [1.82, 2.24) is 4.57 Å². The van der Waals surface area contributed by atoms with Gasteiger partial charge in [0, 0.05) is 33.5 Å². The predicted molar refractivity (Wildman–Crippen MR) is 205 cm³/mol. The molecule has 2 nitrogen and oxygen atoms in total. The zero-order valence-electron chi connectivity index (χ0n) is 27.6. The summed E-state index contributed by atoms with van der Waals surface area (Å²) >= 11 is 0. The summed E-state index contributed by atoms with van der Waals surface area (Å²) in [5, 5.41) is 2.55. The first-order valence-electron chi connectivity index (χ1n) is 16.7. The molecule has 7 aromatic carbocycles. The number of para-hydroxylation sites is 2. The molecule has 0 bridgehead atoms. The summed E-state index contributed by atoms with van der Waals surface area (Å²) in [4.78, 5) is 2.35. The van der Waals surface area contributed by atoms with Crippen LogP contribution in [0.4, 0.5) is 17.1 Å². The lowest BCUT2D eigenvalue weighted by Crippen LogP contribution is -2.13. The molecule has 48 heavy (non-hydrogen) atoms. The third-order valence-corrected chi connectivity index (χ3v) is 9.37. The van der Waals surface area contributed by atoms with Gasteiger partial charge in [0.25, 0.3) is 0 Å². The Balaban J connectivity index is 1.17. The molecule has 0 aliphatic rings. The molecule has 0 saturated carbocycles. The van der Waals surface area contributed by atoms with Crippen LogP contribution in [0.1, 0.15) is 26.3 Å². The van der Waals surface area contributed by atoms with E-state index < -0.39 is 0 Å². The summed E-state index contributed by atoms with van der Waals surface area (Å²) < 4.78 is 2.38. The summed E-state index contributed by atoms with van der Waals surface area (Å²) in [5.41, 5.74) is 13.2. The minimum absolute atomic E-state index is 0.0934. The molecule has 0 unspecified atom stereocenters. The fourth-order valence-corrected chi connectivity index (χ4v) is 6.82. The van der Waals surface area contributed by atoms with Gasteiger partial charge in [-0.1, -0.05) is 136 Å². The molecule has 0 amide bonds. The molecule has 0 aliphatic carbocycles. The maximum atomic E-state index is 2.38. The van der Waals surface area contributed by atoms with Gasteiger partial charge in [-0.2, -0.15) is 0 Å². The van der Waals surface area contributed by atoms with E-state index in [1.54, 1.807) is 0 Å². The molecule has 2 heteroatoms. The minimum atomic E-state index is 0.0934. The number of benzene rings is 7. The van der Waals surface area contributed by atoms with Crippen molar-refractivity contribution < 1.29 is 0 Å². The first-order chi connectivity index (χ1) is 23.4. The highest BCUT2D eigenvalue weighted by molar-refractivity contribution is 6.09. The number of hydrogen-bond acceptors (Lipinski definition) is 1. The molecule has 0 N–H and O–H groups in total. The van der Waals surface area contributed by atoms with E-state index in [0.717, 1.165) is 22.7 Å². The number of hydrogen-bond donors (Lipinski definition) is 0. The van der Waals surface area contributed by atoms with Crippen LogP contribution in [0.3, 0.4) is 0 Å². The van der Waals surface area contributed by atoms with E-state index in [9.17, 15) is 0 Å². The summed E-state index contributed by atoms with van der Waals surface area (Å²) in [7, 11) is 0. The van der Waals surface area contributed by atoms with Crippen molar-refractivity contribution in [1.29, 1.82) is 0 Å². The van der Waals surface area contributed by atoms with Crippen molar-refractivity contribution in [3.05, 3.63) is 181 Å². The van der Waals surface area contributed by atoms with Gasteiger partial charge in [-0.05, 0) is 93.9 Å². The van der Waals surface area contributed by atoms with Crippen molar-refractivity contribution >= 4 is 38.9 Å². The topological polar surface area (TPSA) is 8.17 Å². The lowest BCUT2D eigenvalue weighted by Gasteiger charge is -2.27. The molecule has 8 aromatic rings. The Kier molecular flexibility index (Phi) is 7.42. The molecule has 0 atom stereocenters. The Morgan fingerprint density at radius 1 is 0.396 bits per heavy atom. The molecular weight excluding hydrogens is 581 g/mol. The van der Waals surface area contributed by atoms with Gasteiger partial charge < -0.3 is 9.47 Å². The van der Waals surface area contributed by atoms with Crippen LogP contribution in [0.25, 0.3) is 49.7 Å². The highest BCUT2D eigenvalue weighted by Gasteiger charge is 2.17. The number of rotatable bonds is 6. The van der Waals surface area contributed by atoms with Crippen LogP contribution in [-0.4, -0.2) is 4.57 Å². The Bertz CT molecular complexity index is 2290. The van der Waals surface area contributed by atoms with E-state index in [0.29, 0.717) is 0 Å². The SMILES string of the molecule is CC(C)(C)c1ccc(N(c2ccc(-c3ccccc3)cc2)c2ccc(-c3cccc(-n4c5ccccc5c5ccccc54)c3)cc2)cc1. The van der Waals surface area contributed by atoms with E-state index in [-0.39, 0.29) is 5.41 Å². The van der Waals surface area contributed by atoms with Gasteiger partial charge >= 0.3 is 0 Å². The molecule has 0 radical (unpaired) electrons. The second-order valence-corrected chi connectivity index (χ2v) is 13.5. The monoisotopic (exact) mass is 618 g/mol. The van der Waals surface area contributed by atoms with Crippen molar-refractivity contribution in [2.75, 3.05) is 4.90 Å². The quantitative estimate of drug-likeness (QED) is 0.180. The third-order valence-electron chi connectivity index (χ3n) is 9.37. The maximum absolute atomic E-state index is 2.38. The second-order valence-electron chi connectivity index (χ2n) is 13.5. The molecular formula is C46H38N2. The minimum Gasteiger partial charge on any atom is -0.311 e. The van der Waals surface area contributed by atoms with Crippen LogP contribution in [0.15, 0.2) is 176 Å². The smallest absolute Gasteiger partial charge is 0.0541 e. The van der Waals surface area contributed by atoms with E-state index in [4.69, 9.17) is 0 Å². The van der Waals surface area contributed by atoms with Gasteiger partial charge in [0.05, 0.1) is 11.0 Å². The zero-order valence-corrected chi connectivity index (χ0v) is 27.6. The Hall–Kier alpha value is -5.86. The van der Waals surface area contributed by atoms with Crippen LogP contribution in [0.5, 0.6) is 0 Å². The normalized spacial score (nSPS) is 11.6. The van der Waals surface area contributed by atoms with Crippen molar-refractivity contribution in [3.8, 4) is 27.9 Å². The molecule has 0 spiro atoms. The van der Waals surface area contributed by atoms with E-state index in [1.165, 1.54) is 49.6 Å². The zero-order chi connectivity index (χ0) is 32.7. The first-order valence-corrected chi connectivity index (χ1v) is 16.7.